The van der Waals surface area contributed by atoms with Crippen molar-refractivity contribution in [3.8, 4) is 16.9 Å². The minimum atomic E-state index is -4.71. The number of aromatic nitrogens is 1. The molecule has 9 heteroatoms. The van der Waals surface area contributed by atoms with Gasteiger partial charge in [0.2, 0.25) is 0 Å². The Balaban J connectivity index is 1.45. The van der Waals surface area contributed by atoms with Crippen LogP contribution >= 0.6 is 23.2 Å². The predicted octanol–water partition coefficient (Wildman–Crippen LogP) is 6.31. The first-order valence-corrected chi connectivity index (χ1v) is 9.68. The summed E-state index contributed by atoms with van der Waals surface area (Å²) in [6.07, 6.45) is -2.12. The fourth-order valence-corrected chi connectivity index (χ4v) is 3.82. The number of nitrogens with zero attached hydrogens (tertiary/aromatic N) is 1. The van der Waals surface area contributed by atoms with Crippen LogP contribution in [0.2, 0.25) is 10.0 Å². The third-order valence-electron chi connectivity index (χ3n) is 4.67. The highest BCUT2D eigenvalue weighted by Crippen LogP contribution is 2.36. The van der Waals surface area contributed by atoms with Crippen molar-refractivity contribution in [2.75, 3.05) is 6.61 Å². The zero-order chi connectivity index (χ0) is 21.3. The summed E-state index contributed by atoms with van der Waals surface area (Å²) in [6, 6.07) is 13.3. The van der Waals surface area contributed by atoms with Crippen LogP contribution in [-0.4, -0.2) is 18.0 Å². The summed E-state index contributed by atoms with van der Waals surface area (Å²) in [7, 11) is 0. The molecule has 0 radical (unpaired) electrons. The van der Waals surface area contributed by atoms with Crippen molar-refractivity contribution in [3.05, 3.63) is 82.1 Å². The van der Waals surface area contributed by atoms with Gasteiger partial charge in [-0.1, -0.05) is 59.6 Å². The van der Waals surface area contributed by atoms with Gasteiger partial charge in [-0.3, -0.25) is 10.3 Å². The second-order valence-electron chi connectivity index (χ2n) is 6.64. The normalized spacial score (nSPS) is 19.1. The van der Waals surface area contributed by atoms with Gasteiger partial charge >= 0.3 is 6.36 Å². The van der Waals surface area contributed by atoms with E-state index in [2.05, 4.69) is 15.0 Å². The lowest BCUT2D eigenvalue weighted by molar-refractivity contribution is -0.274. The Hall–Kier alpha value is -2.32. The van der Waals surface area contributed by atoms with E-state index in [0.29, 0.717) is 22.2 Å². The quantitative estimate of drug-likeness (QED) is 0.501. The van der Waals surface area contributed by atoms with Gasteiger partial charge in [0.25, 0.3) is 0 Å². The predicted molar refractivity (Wildman–Crippen MR) is 107 cm³/mol. The molecule has 1 aliphatic heterocycles. The van der Waals surface area contributed by atoms with Crippen LogP contribution in [0.25, 0.3) is 11.1 Å². The van der Waals surface area contributed by atoms with Crippen LogP contribution in [0.1, 0.15) is 23.4 Å². The average Bonchev–Trinajstić information content (AvgIpc) is 3.17. The third kappa shape index (κ3) is 4.70. The van der Waals surface area contributed by atoms with Crippen molar-refractivity contribution >= 4 is 23.2 Å². The molecule has 156 valence electrons. The molecule has 2 heterocycles. The van der Waals surface area contributed by atoms with E-state index in [9.17, 15) is 13.2 Å². The van der Waals surface area contributed by atoms with Crippen LogP contribution in [0.4, 0.5) is 13.2 Å². The number of halogens is 5. The van der Waals surface area contributed by atoms with E-state index in [1.807, 2.05) is 24.3 Å². The fourth-order valence-electron chi connectivity index (χ4n) is 3.26. The molecule has 2 unspecified atom stereocenters. The first-order chi connectivity index (χ1) is 14.3. The maximum absolute atomic E-state index is 12.3. The number of alkyl halides is 3. The van der Waals surface area contributed by atoms with Gasteiger partial charge in [-0.05, 0) is 28.8 Å². The van der Waals surface area contributed by atoms with Crippen LogP contribution in [0.5, 0.6) is 5.75 Å². The van der Waals surface area contributed by atoms with Crippen LogP contribution in [0.3, 0.4) is 0 Å². The van der Waals surface area contributed by atoms with E-state index in [4.69, 9.17) is 27.9 Å². The molecule has 0 spiro atoms. The SMILES string of the molecule is FC(F)(F)Oc1ccc(-c2ccc(C3COC(c4c(Cl)cncc4Cl)N3)cc2)cc1. The van der Waals surface area contributed by atoms with Crippen molar-refractivity contribution in [1.29, 1.82) is 0 Å². The lowest BCUT2D eigenvalue weighted by atomic mass is 10.0. The largest absolute Gasteiger partial charge is 0.573 e. The van der Waals surface area contributed by atoms with Gasteiger partial charge in [-0.15, -0.1) is 13.2 Å². The molecule has 1 fully saturated rings. The van der Waals surface area contributed by atoms with Crippen LogP contribution in [-0.2, 0) is 4.74 Å². The molecule has 0 aliphatic carbocycles. The molecule has 0 saturated carbocycles. The molecule has 0 bridgehead atoms. The summed E-state index contributed by atoms with van der Waals surface area (Å²) in [4.78, 5) is 3.94. The fraction of sp³-hybridized carbons (Fsp3) is 0.190. The Morgan fingerprint density at radius 2 is 1.50 bits per heavy atom. The summed E-state index contributed by atoms with van der Waals surface area (Å²) in [6.45, 7) is 0.433. The van der Waals surface area contributed by atoms with Crippen LogP contribution in [0.15, 0.2) is 60.9 Å². The molecule has 1 N–H and O–H groups in total. The third-order valence-corrected chi connectivity index (χ3v) is 5.27. The average molecular weight is 455 g/mol. The van der Waals surface area contributed by atoms with Crippen molar-refractivity contribution < 1.29 is 22.6 Å². The van der Waals surface area contributed by atoms with Crippen molar-refractivity contribution in [2.24, 2.45) is 0 Å². The number of ether oxygens (including phenoxy) is 2. The van der Waals surface area contributed by atoms with Gasteiger partial charge in [0.1, 0.15) is 12.0 Å². The molecule has 1 aliphatic rings. The van der Waals surface area contributed by atoms with E-state index in [0.717, 1.165) is 16.7 Å². The molecule has 1 aromatic heterocycles. The first-order valence-electron chi connectivity index (χ1n) is 8.93. The highest BCUT2D eigenvalue weighted by atomic mass is 35.5. The Morgan fingerprint density at radius 1 is 0.933 bits per heavy atom. The van der Waals surface area contributed by atoms with Gasteiger partial charge in [-0.25, -0.2) is 0 Å². The van der Waals surface area contributed by atoms with E-state index in [-0.39, 0.29) is 11.8 Å². The molecular formula is C21H15Cl2F3N2O2. The number of nitrogens with one attached hydrogen (secondary N) is 1. The van der Waals surface area contributed by atoms with Crippen molar-refractivity contribution in [3.63, 3.8) is 0 Å². The van der Waals surface area contributed by atoms with Crippen molar-refractivity contribution in [1.82, 2.24) is 10.3 Å². The van der Waals surface area contributed by atoms with Crippen LogP contribution < -0.4 is 10.1 Å². The molecular weight excluding hydrogens is 440 g/mol. The minimum absolute atomic E-state index is 0.0630. The zero-order valence-corrected chi connectivity index (χ0v) is 16.8. The highest BCUT2D eigenvalue weighted by molar-refractivity contribution is 6.35. The summed E-state index contributed by atoms with van der Waals surface area (Å²) in [5.74, 6) is -0.255. The van der Waals surface area contributed by atoms with E-state index >= 15 is 0 Å². The zero-order valence-electron chi connectivity index (χ0n) is 15.3. The summed E-state index contributed by atoms with van der Waals surface area (Å²) in [5.41, 5.74) is 3.29. The number of benzene rings is 2. The van der Waals surface area contributed by atoms with Gasteiger partial charge in [0.05, 0.1) is 22.7 Å². The molecule has 0 amide bonds. The number of rotatable bonds is 4. The molecule has 4 nitrogen and oxygen atoms in total. The van der Waals surface area contributed by atoms with E-state index < -0.39 is 12.6 Å². The second-order valence-corrected chi connectivity index (χ2v) is 7.46. The second kappa shape index (κ2) is 8.43. The number of hydrogen-bond donors (Lipinski definition) is 1. The van der Waals surface area contributed by atoms with Gasteiger partial charge in [0.15, 0.2) is 0 Å². The maximum atomic E-state index is 12.3. The minimum Gasteiger partial charge on any atom is -0.406 e. The standard InChI is InChI=1S/C21H15Cl2F3N2O2/c22-16-9-27-10-17(23)19(16)20-28-18(11-29-20)14-3-1-12(2-4-14)13-5-7-15(8-6-13)30-21(24,25)26/h1-10,18,20,28H,11H2. The number of pyridine rings is 1. The smallest absolute Gasteiger partial charge is 0.406 e. The number of hydrogen-bond acceptors (Lipinski definition) is 4. The highest BCUT2D eigenvalue weighted by Gasteiger charge is 2.31. The van der Waals surface area contributed by atoms with Crippen molar-refractivity contribution in [2.45, 2.75) is 18.6 Å². The molecule has 4 rings (SSSR count). The monoisotopic (exact) mass is 454 g/mol. The summed E-state index contributed by atoms with van der Waals surface area (Å²) >= 11 is 12.4. The Morgan fingerprint density at radius 3 is 2.07 bits per heavy atom. The summed E-state index contributed by atoms with van der Waals surface area (Å²) in [5, 5.41) is 4.20. The van der Waals surface area contributed by atoms with E-state index in [1.165, 1.54) is 24.5 Å². The van der Waals surface area contributed by atoms with Gasteiger partial charge in [-0.2, -0.15) is 0 Å². The first kappa shape index (κ1) is 20.9. The Labute approximate surface area is 180 Å². The van der Waals surface area contributed by atoms with Gasteiger partial charge in [0, 0.05) is 18.0 Å². The topological polar surface area (TPSA) is 43.4 Å². The molecule has 30 heavy (non-hydrogen) atoms. The molecule has 2 atom stereocenters. The summed E-state index contributed by atoms with van der Waals surface area (Å²) < 4.78 is 46.6. The Bertz CT molecular complexity index is 1010. The van der Waals surface area contributed by atoms with Crippen LogP contribution in [0, 0.1) is 0 Å². The van der Waals surface area contributed by atoms with Gasteiger partial charge < -0.3 is 9.47 Å². The maximum Gasteiger partial charge on any atom is 0.573 e. The lowest BCUT2D eigenvalue weighted by Gasteiger charge is -2.15. The lowest BCUT2D eigenvalue weighted by Crippen LogP contribution is -2.19. The molecule has 3 aromatic rings. The Kier molecular flexibility index (Phi) is 5.88. The van der Waals surface area contributed by atoms with E-state index in [1.54, 1.807) is 12.1 Å². The molecule has 1 saturated heterocycles. The molecule has 2 aromatic carbocycles.